The zero-order valence-corrected chi connectivity index (χ0v) is 12.5. The van der Waals surface area contributed by atoms with Gasteiger partial charge in [0.1, 0.15) is 4.88 Å². The first kappa shape index (κ1) is 13.6. The van der Waals surface area contributed by atoms with Crippen molar-refractivity contribution in [3.8, 4) is 0 Å². The van der Waals surface area contributed by atoms with Crippen LogP contribution in [0.2, 0.25) is 0 Å². The number of ether oxygens (including phenoxy) is 1. The summed E-state index contributed by atoms with van der Waals surface area (Å²) >= 11 is 3.30. The van der Waals surface area contributed by atoms with Crippen molar-refractivity contribution in [3.05, 3.63) is 21.9 Å². The minimum Gasteiger partial charge on any atom is -0.462 e. The molecule has 0 spiro atoms. The van der Waals surface area contributed by atoms with E-state index in [4.69, 9.17) is 4.74 Å². The van der Waals surface area contributed by atoms with Crippen LogP contribution in [-0.2, 0) is 11.2 Å². The summed E-state index contributed by atoms with van der Waals surface area (Å²) in [4.78, 5) is 12.8. The molecule has 0 N–H and O–H groups in total. The number of unbranched alkanes of at least 4 members (excludes halogenated alkanes) is 2. The average molecular weight is 282 g/mol. The van der Waals surface area contributed by atoms with Crippen molar-refractivity contribution in [2.75, 3.05) is 6.61 Å². The Morgan fingerprint density at radius 1 is 1.33 bits per heavy atom. The molecule has 0 radical (unpaired) electrons. The van der Waals surface area contributed by atoms with E-state index in [1.807, 2.05) is 6.92 Å². The van der Waals surface area contributed by atoms with Gasteiger partial charge in [0, 0.05) is 9.40 Å². The van der Waals surface area contributed by atoms with E-state index in [2.05, 4.69) is 18.4 Å². The summed E-state index contributed by atoms with van der Waals surface area (Å²) in [5.41, 5.74) is 1.21. The van der Waals surface area contributed by atoms with E-state index in [1.165, 1.54) is 27.8 Å². The lowest BCUT2D eigenvalue weighted by molar-refractivity contribution is 0.0531. The van der Waals surface area contributed by atoms with Gasteiger partial charge in [0.2, 0.25) is 0 Å². The fourth-order valence-electron chi connectivity index (χ4n) is 2.01. The second-order valence-electron chi connectivity index (χ2n) is 4.20. The van der Waals surface area contributed by atoms with Gasteiger partial charge in [-0.1, -0.05) is 19.8 Å². The Kier molecular flexibility index (Phi) is 4.78. The number of hydrogen-bond donors (Lipinski definition) is 0. The third kappa shape index (κ3) is 2.75. The predicted molar refractivity (Wildman–Crippen MR) is 78.9 cm³/mol. The lowest BCUT2D eigenvalue weighted by Gasteiger charge is -2.03. The minimum absolute atomic E-state index is 0.155. The fraction of sp³-hybridized carbons (Fsp3) is 0.500. The van der Waals surface area contributed by atoms with Gasteiger partial charge in [0.05, 0.1) is 6.61 Å². The summed E-state index contributed by atoms with van der Waals surface area (Å²) in [6.07, 6.45) is 4.55. The van der Waals surface area contributed by atoms with E-state index in [0.717, 1.165) is 17.7 Å². The third-order valence-electron chi connectivity index (χ3n) is 2.88. The summed E-state index contributed by atoms with van der Waals surface area (Å²) in [6, 6.07) is 2.09. The number of carbonyl (C=O) groups excluding carboxylic acids is 1. The van der Waals surface area contributed by atoms with Crippen molar-refractivity contribution < 1.29 is 9.53 Å². The second-order valence-corrected chi connectivity index (χ2v) is 6.17. The van der Waals surface area contributed by atoms with Crippen LogP contribution in [0.1, 0.15) is 48.3 Å². The number of thiophene rings is 2. The fourth-order valence-corrected chi connectivity index (χ4v) is 4.35. The van der Waals surface area contributed by atoms with Crippen LogP contribution >= 0.6 is 22.7 Å². The van der Waals surface area contributed by atoms with Crippen LogP contribution in [0.25, 0.3) is 9.40 Å². The van der Waals surface area contributed by atoms with Crippen LogP contribution in [0.15, 0.2) is 11.4 Å². The first-order valence-corrected chi connectivity index (χ1v) is 8.13. The van der Waals surface area contributed by atoms with Gasteiger partial charge in [-0.15, -0.1) is 22.7 Å². The molecule has 2 aromatic rings. The normalized spacial score (nSPS) is 11.0. The maximum Gasteiger partial charge on any atom is 0.348 e. The number of rotatable bonds is 6. The smallest absolute Gasteiger partial charge is 0.348 e. The highest BCUT2D eigenvalue weighted by molar-refractivity contribution is 7.28. The van der Waals surface area contributed by atoms with E-state index in [-0.39, 0.29) is 5.97 Å². The van der Waals surface area contributed by atoms with E-state index in [0.29, 0.717) is 6.61 Å². The van der Waals surface area contributed by atoms with Gasteiger partial charge in [-0.2, -0.15) is 0 Å². The van der Waals surface area contributed by atoms with Crippen LogP contribution in [0.3, 0.4) is 0 Å². The van der Waals surface area contributed by atoms with Crippen molar-refractivity contribution in [3.63, 3.8) is 0 Å². The van der Waals surface area contributed by atoms with Gasteiger partial charge in [0.25, 0.3) is 0 Å². The van der Waals surface area contributed by atoms with Gasteiger partial charge >= 0.3 is 5.97 Å². The number of aryl methyl sites for hydroxylation is 1. The molecule has 0 bridgehead atoms. The van der Waals surface area contributed by atoms with Crippen molar-refractivity contribution in [1.82, 2.24) is 0 Å². The molecule has 0 atom stereocenters. The lowest BCUT2D eigenvalue weighted by atomic mass is 10.1. The minimum atomic E-state index is -0.155. The van der Waals surface area contributed by atoms with Crippen molar-refractivity contribution in [2.24, 2.45) is 0 Å². The second kappa shape index (κ2) is 6.34. The van der Waals surface area contributed by atoms with Crippen LogP contribution < -0.4 is 0 Å². The van der Waals surface area contributed by atoms with Crippen molar-refractivity contribution in [1.29, 1.82) is 0 Å². The quantitative estimate of drug-likeness (QED) is 0.558. The largest absolute Gasteiger partial charge is 0.462 e. The molecule has 0 aliphatic carbocycles. The molecule has 0 saturated carbocycles. The number of esters is 1. The molecule has 18 heavy (non-hydrogen) atoms. The first-order chi connectivity index (χ1) is 8.77. The summed E-state index contributed by atoms with van der Waals surface area (Å²) in [5, 5.41) is 2.10. The SMILES string of the molecule is CCCCCc1c(C(=O)OCC)sc2ccsc12. The molecule has 0 unspecified atom stereocenters. The molecule has 4 heteroatoms. The Morgan fingerprint density at radius 2 is 2.17 bits per heavy atom. The molecule has 0 aromatic carbocycles. The van der Waals surface area contributed by atoms with Gasteiger partial charge in [-0.05, 0) is 36.8 Å². The van der Waals surface area contributed by atoms with E-state index in [9.17, 15) is 4.79 Å². The third-order valence-corrected chi connectivity index (χ3v) is 5.16. The zero-order valence-electron chi connectivity index (χ0n) is 10.8. The maximum atomic E-state index is 12.0. The Bertz CT molecular complexity index is 525. The predicted octanol–water partition coefficient (Wildman–Crippen LogP) is 4.87. The molecule has 2 heterocycles. The van der Waals surface area contributed by atoms with E-state index in [1.54, 1.807) is 22.7 Å². The Hall–Kier alpha value is -0.870. The standard InChI is InChI=1S/C14H18O2S2/c1-3-5-6-7-10-12-11(8-9-17-12)18-13(10)14(15)16-4-2/h8-9H,3-7H2,1-2H3. The molecule has 98 valence electrons. The highest BCUT2D eigenvalue weighted by atomic mass is 32.1. The summed E-state index contributed by atoms with van der Waals surface area (Å²) in [7, 11) is 0. The van der Waals surface area contributed by atoms with Gasteiger partial charge in [-0.25, -0.2) is 4.79 Å². The number of hydrogen-bond acceptors (Lipinski definition) is 4. The molecule has 0 fully saturated rings. The number of fused-ring (bicyclic) bond motifs is 1. The van der Waals surface area contributed by atoms with Gasteiger partial charge in [0.15, 0.2) is 0 Å². The Labute approximate surface area is 116 Å². The van der Waals surface area contributed by atoms with Crippen LogP contribution in [-0.4, -0.2) is 12.6 Å². The average Bonchev–Trinajstić information content (AvgIpc) is 2.91. The van der Waals surface area contributed by atoms with Crippen LogP contribution in [0.4, 0.5) is 0 Å². The zero-order chi connectivity index (χ0) is 13.0. The topological polar surface area (TPSA) is 26.3 Å². The molecule has 2 nitrogen and oxygen atoms in total. The van der Waals surface area contributed by atoms with Crippen LogP contribution in [0, 0.1) is 0 Å². The molecule has 2 rings (SSSR count). The molecule has 0 saturated heterocycles. The molecule has 2 aromatic heterocycles. The summed E-state index contributed by atoms with van der Waals surface area (Å²) in [5.74, 6) is -0.155. The summed E-state index contributed by atoms with van der Waals surface area (Å²) in [6.45, 7) is 4.49. The highest BCUT2D eigenvalue weighted by Gasteiger charge is 2.19. The van der Waals surface area contributed by atoms with Gasteiger partial charge < -0.3 is 4.74 Å². The molecular formula is C14H18O2S2. The first-order valence-electron chi connectivity index (χ1n) is 6.43. The Balaban J connectivity index is 2.29. The molecule has 0 amide bonds. The molecule has 0 aliphatic heterocycles. The van der Waals surface area contributed by atoms with Crippen LogP contribution in [0.5, 0.6) is 0 Å². The molecule has 0 aliphatic rings. The molecular weight excluding hydrogens is 264 g/mol. The maximum absolute atomic E-state index is 12.0. The van der Waals surface area contributed by atoms with Crippen molar-refractivity contribution in [2.45, 2.75) is 39.5 Å². The highest BCUT2D eigenvalue weighted by Crippen LogP contribution is 2.36. The van der Waals surface area contributed by atoms with E-state index >= 15 is 0 Å². The van der Waals surface area contributed by atoms with Gasteiger partial charge in [-0.3, -0.25) is 0 Å². The summed E-state index contributed by atoms with van der Waals surface area (Å²) < 4.78 is 7.64. The van der Waals surface area contributed by atoms with E-state index < -0.39 is 0 Å². The van der Waals surface area contributed by atoms with Crippen molar-refractivity contribution >= 4 is 38.0 Å². The number of carbonyl (C=O) groups is 1. The Morgan fingerprint density at radius 3 is 2.89 bits per heavy atom. The lowest BCUT2D eigenvalue weighted by Crippen LogP contribution is -2.05. The monoisotopic (exact) mass is 282 g/mol.